The zero-order valence-electron chi connectivity index (χ0n) is 17.1. The van der Waals surface area contributed by atoms with Gasteiger partial charge in [0.1, 0.15) is 18.1 Å². The third-order valence-electron chi connectivity index (χ3n) is 4.11. The normalized spacial score (nSPS) is 14.7. The van der Waals surface area contributed by atoms with E-state index in [1.807, 2.05) is 0 Å². The molecular formula is C17H30N6O7. The maximum atomic E-state index is 12.4. The highest BCUT2D eigenvalue weighted by Gasteiger charge is 2.30. The van der Waals surface area contributed by atoms with Gasteiger partial charge in [-0.3, -0.25) is 24.0 Å². The van der Waals surface area contributed by atoms with Crippen LogP contribution in [0, 0.1) is 5.92 Å². The van der Waals surface area contributed by atoms with Crippen LogP contribution < -0.4 is 33.2 Å². The van der Waals surface area contributed by atoms with Gasteiger partial charge in [0.2, 0.25) is 29.5 Å². The molecule has 0 aromatic heterocycles. The van der Waals surface area contributed by atoms with Gasteiger partial charge in [-0.1, -0.05) is 13.8 Å². The van der Waals surface area contributed by atoms with Crippen LogP contribution in [0.5, 0.6) is 0 Å². The van der Waals surface area contributed by atoms with Crippen molar-refractivity contribution in [2.24, 2.45) is 23.1 Å². The number of nitrogens with two attached hydrogens (primary N) is 3. The first kappa shape index (κ1) is 26.8. The van der Waals surface area contributed by atoms with Crippen molar-refractivity contribution in [2.45, 2.75) is 64.2 Å². The van der Waals surface area contributed by atoms with Crippen molar-refractivity contribution in [3.05, 3.63) is 0 Å². The van der Waals surface area contributed by atoms with Crippen molar-refractivity contribution < 1.29 is 33.9 Å². The number of carboxylic acids is 1. The summed E-state index contributed by atoms with van der Waals surface area (Å²) in [5.41, 5.74) is 15.8. The molecule has 0 bridgehead atoms. The minimum absolute atomic E-state index is 0.179. The Balaban J connectivity index is 5.16. The van der Waals surface area contributed by atoms with Crippen LogP contribution in [0.1, 0.15) is 40.0 Å². The summed E-state index contributed by atoms with van der Waals surface area (Å²) < 4.78 is 0. The van der Waals surface area contributed by atoms with Gasteiger partial charge in [0.15, 0.2) is 0 Å². The lowest BCUT2D eigenvalue weighted by Crippen LogP contribution is -2.57. The number of aliphatic carboxylic acids is 1. The van der Waals surface area contributed by atoms with Crippen molar-refractivity contribution in [2.75, 3.05) is 0 Å². The van der Waals surface area contributed by atoms with Gasteiger partial charge in [-0.15, -0.1) is 0 Å². The number of amides is 5. The largest absolute Gasteiger partial charge is 0.480 e. The molecule has 13 nitrogen and oxygen atoms in total. The van der Waals surface area contributed by atoms with Crippen molar-refractivity contribution in [1.82, 2.24) is 16.0 Å². The third-order valence-corrected chi connectivity index (χ3v) is 4.11. The van der Waals surface area contributed by atoms with Gasteiger partial charge < -0.3 is 38.3 Å². The number of carboxylic acid groups (broad SMARTS) is 1. The summed E-state index contributed by atoms with van der Waals surface area (Å²) in [4.78, 5) is 70.1. The van der Waals surface area contributed by atoms with Gasteiger partial charge in [0.25, 0.3) is 0 Å². The van der Waals surface area contributed by atoms with Crippen molar-refractivity contribution >= 4 is 35.5 Å². The Morgan fingerprint density at radius 1 is 0.800 bits per heavy atom. The maximum absolute atomic E-state index is 12.4. The molecule has 0 aliphatic carbocycles. The first-order chi connectivity index (χ1) is 13.8. The second-order valence-electron chi connectivity index (χ2n) is 7.14. The third kappa shape index (κ3) is 9.82. The molecule has 0 rings (SSSR count). The van der Waals surface area contributed by atoms with Crippen LogP contribution in [0.15, 0.2) is 0 Å². The Bertz CT molecular complexity index is 682. The number of carbonyl (C=O) groups is 6. The number of nitrogens with one attached hydrogen (secondary N) is 3. The summed E-state index contributed by atoms with van der Waals surface area (Å²) in [7, 11) is 0. The molecule has 5 amide bonds. The van der Waals surface area contributed by atoms with E-state index in [1.165, 1.54) is 6.92 Å². The van der Waals surface area contributed by atoms with E-state index in [0.717, 1.165) is 0 Å². The molecule has 0 heterocycles. The Hall–Kier alpha value is -3.22. The molecule has 13 heteroatoms. The van der Waals surface area contributed by atoms with E-state index in [9.17, 15) is 28.8 Å². The van der Waals surface area contributed by atoms with Crippen molar-refractivity contribution in [1.29, 1.82) is 0 Å². The van der Waals surface area contributed by atoms with Gasteiger partial charge in [0.05, 0.1) is 12.5 Å². The molecule has 0 fully saturated rings. The lowest BCUT2D eigenvalue weighted by Gasteiger charge is -2.23. The first-order valence-electron chi connectivity index (χ1n) is 9.22. The summed E-state index contributed by atoms with van der Waals surface area (Å²) in [6, 6.07) is -4.93. The molecule has 4 atom stereocenters. The van der Waals surface area contributed by atoms with Crippen LogP contribution in [-0.4, -0.2) is 64.8 Å². The smallest absolute Gasteiger partial charge is 0.326 e. The monoisotopic (exact) mass is 430 g/mol. The van der Waals surface area contributed by atoms with E-state index >= 15 is 0 Å². The van der Waals surface area contributed by atoms with E-state index in [1.54, 1.807) is 13.8 Å². The molecule has 0 aliphatic rings. The predicted octanol–water partition coefficient (Wildman–Crippen LogP) is -3.33. The first-order valence-corrected chi connectivity index (χ1v) is 9.22. The fraction of sp³-hybridized carbons (Fsp3) is 0.647. The van der Waals surface area contributed by atoms with Gasteiger partial charge in [-0.2, -0.15) is 0 Å². The van der Waals surface area contributed by atoms with Crippen LogP contribution >= 0.6 is 0 Å². The lowest BCUT2D eigenvalue weighted by atomic mass is 10.0. The number of hydrogen-bond acceptors (Lipinski definition) is 7. The molecular weight excluding hydrogens is 400 g/mol. The quantitative estimate of drug-likeness (QED) is 0.155. The molecule has 0 aromatic carbocycles. The highest BCUT2D eigenvalue weighted by Crippen LogP contribution is 2.02. The van der Waals surface area contributed by atoms with Crippen LogP contribution in [-0.2, 0) is 28.8 Å². The van der Waals surface area contributed by atoms with E-state index in [2.05, 4.69) is 16.0 Å². The molecule has 170 valence electrons. The average molecular weight is 430 g/mol. The fourth-order valence-electron chi connectivity index (χ4n) is 2.20. The van der Waals surface area contributed by atoms with E-state index < -0.39 is 66.1 Å². The standard InChI is InChI=1S/C17H30N6O7/c1-7(2)13(20)16(28)21-8(3)14(26)23-10(6-12(19)25)15(27)22-9(17(29)30)4-5-11(18)24/h7-10,13H,4-6,20H2,1-3H3,(H2,18,24)(H2,19,25)(H,21,28)(H,22,27)(H,23,26)(H,29,30). The summed E-state index contributed by atoms with van der Waals surface area (Å²) >= 11 is 0. The Labute approximate surface area is 173 Å². The van der Waals surface area contributed by atoms with Crippen LogP contribution in [0.2, 0.25) is 0 Å². The topological polar surface area (TPSA) is 237 Å². The average Bonchev–Trinajstić information content (AvgIpc) is 2.62. The van der Waals surface area contributed by atoms with E-state index in [-0.39, 0.29) is 18.8 Å². The highest BCUT2D eigenvalue weighted by atomic mass is 16.4. The molecule has 0 aliphatic heterocycles. The van der Waals surface area contributed by atoms with E-state index in [0.29, 0.717) is 0 Å². The second kappa shape index (κ2) is 12.4. The number of hydrogen-bond donors (Lipinski definition) is 7. The van der Waals surface area contributed by atoms with Crippen LogP contribution in [0.3, 0.4) is 0 Å². The Kier molecular flexibility index (Phi) is 11.0. The molecule has 0 radical (unpaired) electrons. The Morgan fingerprint density at radius 3 is 1.77 bits per heavy atom. The molecule has 0 spiro atoms. The van der Waals surface area contributed by atoms with E-state index in [4.69, 9.17) is 22.3 Å². The van der Waals surface area contributed by atoms with Crippen LogP contribution in [0.25, 0.3) is 0 Å². The summed E-state index contributed by atoms with van der Waals surface area (Å²) in [6.07, 6.45) is -1.21. The van der Waals surface area contributed by atoms with Crippen molar-refractivity contribution in [3.8, 4) is 0 Å². The molecule has 0 saturated carbocycles. The van der Waals surface area contributed by atoms with Crippen LogP contribution in [0.4, 0.5) is 0 Å². The summed E-state index contributed by atoms with van der Waals surface area (Å²) in [5.74, 6) is -5.71. The minimum Gasteiger partial charge on any atom is -0.480 e. The zero-order valence-corrected chi connectivity index (χ0v) is 17.1. The van der Waals surface area contributed by atoms with Gasteiger partial charge in [0, 0.05) is 6.42 Å². The van der Waals surface area contributed by atoms with Gasteiger partial charge >= 0.3 is 5.97 Å². The fourth-order valence-corrected chi connectivity index (χ4v) is 2.20. The molecule has 0 saturated heterocycles. The summed E-state index contributed by atoms with van der Waals surface area (Å²) in [5, 5.41) is 15.9. The second-order valence-corrected chi connectivity index (χ2v) is 7.14. The predicted molar refractivity (Wildman–Crippen MR) is 104 cm³/mol. The van der Waals surface area contributed by atoms with Gasteiger partial charge in [-0.25, -0.2) is 4.79 Å². The molecule has 4 unspecified atom stereocenters. The zero-order chi connectivity index (χ0) is 23.6. The van der Waals surface area contributed by atoms with Gasteiger partial charge in [-0.05, 0) is 19.3 Å². The molecule has 10 N–H and O–H groups in total. The number of rotatable bonds is 13. The molecule has 0 aromatic rings. The van der Waals surface area contributed by atoms with Crippen molar-refractivity contribution in [3.63, 3.8) is 0 Å². The number of primary amides is 2. The summed E-state index contributed by atoms with van der Waals surface area (Å²) in [6.45, 7) is 4.78. The minimum atomic E-state index is -1.50. The SMILES string of the molecule is CC(NC(=O)C(N)C(C)C)C(=O)NC(CC(N)=O)C(=O)NC(CCC(N)=O)C(=O)O. The highest BCUT2D eigenvalue weighted by molar-refractivity contribution is 5.96. The molecule has 30 heavy (non-hydrogen) atoms. The lowest BCUT2D eigenvalue weighted by molar-refractivity contribution is -0.142. The Morgan fingerprint density at radius 2 is 1.33 bits per heavy atom. The number of carbonyl (C=O) groups excluding carboxylic acids is 5. The maximum Gasteiger partial charge on any atom is 0.326 e.